The highest BCUT2D eigenvalue weighted by atomic mass is 32.2. The molecule has 3 heteroatoms. The fourth-order valence-electron chi connectivity index (χ4n) is 1.11. The van der Waals surface area contributed by atoms with Gasteiger partial charge in [0.2, 0.25) is 0 Å². The zero-order valence-electron chi connectivity index (χ0n) is 7.30. The minimum atomic E-state index is 0.631. The van der Waals surface area contributed by atoms with Gasteiger partial charge in [0.15, 0.2) is 0 Å². The molecule has 1 saturated heterocycles. The van der Waals surface area contributed by atoms with Crippen LogP contribution in [0.15, 0.2) is 0 Å². The Hall–Kier alpha value is 0.270. The first-order chi connectivity index (χ1) is 5.33. The first kappa shape index (κ1) is 9.36. The van der Waals surface area contributed by atoms with E-state index in [2.05, 4.69) is 18.5 Å². The summed E-state index contributed by atoms with van der Waals surface area (Å²) in [6, 6.07) is 1.28. The second kappa shape index (κ2) is 5.01. The van der Waals surface area contributed by atoms with Crippen molar-refractivity contribution < 1.29 is 4.74 Å². The monoisotopic (exact) mass is 175 g/mol. The van der Waals surface area contributed by atoms with Crippen LogP contribution >= 0.6 is 11.8 Å². The van der Waals surface area contributed by atoms with E-state index in [-0.39, 0.29) is 0 Å². The highest BCUT2D eigenvalue weighted by molar-refractivity contribution is 7.98. The summed E-state index contributed by atoms with van der Waals surface area (Å²) >= 11 is 1.91. The molecule has 1 N–H and O–H groups in total. The number of ether oxygens (including phenoxy) is 1. The Labute approximate surface area is 73.1 Å². The third-order valence-corrected chi connectivity index (χ3v) is 2.56. The van der Waals surface area contributed by atoms with Gasteiger partial charge in [-0.15, -0.1) is 0 Å². The number of hydrogen-bond donors (Lipinski definition) is 1. The topological polar surface area (TPSA) is 21.3 Å². The lowest BCUT2D eigenvalue weighted by molar-refractivity contribution is -0.00921. The fraction of sp³-hybridized carbons (Fsp3) is 1.00. The Morgan fingerprint density at radius 3 is 2.82 bits per heavy atom. The Balaban J connectivity index is 1.95. The van der Waals surface area contributed by atoms with Crippen LogP contribution in [0.5, 0.6) is 0 Å². The zero-order valence-corrected chi connectivity index (χ0v) is 8.12. The average Bonchev–Trinajstić information content (AvgIpc) is 1.93. The lowest BCUT2D eigenvalue weighted by Gasteiger charge is -2.30. The first-order valence-corrected chi connectivity index (χ1v) is 5.55. The molecule has 1 heterocycles. The van der Waals surface area contributed by atoms with E-state index in [1.807, 2.05) is 11.8 Å². The third kappa shape index (κ3) is 3.45. The summed E-state index contributed by atoms with van der Waals surface area (Å²) in [6.45, 7) is 4.06. The van der Waals surface area contributed by atoms with Gasteiger partial charge in [-0.05, 0) is 25.4 Å². The van der Waals surface area contributed by atoms with E-state index in [9.17, 15) is 0 Å². The number of rotatable bonds is 5. The van der Waals surface area contributed by atoms with Crippen LogP contribution in [0.1, 0.15) is 13.3 Å². The van der Waals surface area contributed by atoms with Crippen molar-refractivity contribution in [2.45, 2.75) is 25.4 Å². The average molecular weight is 175 g/mol. The van der Waals surface area contributed by atoms with Crippen molar-refractivity contribution in [3.05, 3.63) is 0 Å². The molecular weight excluding hydrogens is 158 g/mol. The molecule has 0 aromatic rings. The molecule has 0 aromatic heterocycles. The van der Waals surface area contributed by atoms with Crippen molar-refractivity contribution in [2.24, 2.45) is 0 Å². The maximum atomic E-state index is 5.07. The molecule has 0 radical (unpaired) electrons. The molecule has 0 saturated carbocycles. The van der Waals surface area contributed by atoms with Crippen molar-refractivity contribution in [1.82, 2.24) is 5.32 Å². The summed E-state index contributed by atoms with van der Waals surface area (Å²) in [5.74, 6) is 1.25. The van der Waals surface area contributed by atoms with Crippen LogP contribution in [-0.4, -0.2) is 37.3 Å². The fourth-order valence-corrected chi connectivity index (χ4v) is 1.70. The predicted molar refractivity (Wildman–Crippen MR) is 50.2 cm³/mol. The highest BCUT2D eigenvalue weighted by Crippen LogP contribution is 2.05. The van der Waals surface area contributed by atoms with Gasteiger partial charge in [-0.25, -0.2) is 0 Å². The van der Waals surface area contributed by atoms with Crippen molar-refractivity contribution in [1.29, 1.82) is 0 Å². The summed E-state index contributed by atoms with van der Waals surface area (Å²) in [6.07, 6.45) is 3.41. The van der Waals surface area contributed by atoms with Crippen LogP contribution in [0, 0.1) is 0 Å². The van der Waals surface area contributed by atoms with E-state index < -0.39 is 0 Å². The molecule has 0 aromatic carbocycles. The van der Waals surface area contributed by atoms with Crippen molar-refractivity contribution >= 4 is 11.8 Å². The Bertz CT molecular complexity index is 106. The van der Waals surface area contributed by atoms with Gasteiger partial charge >= 0.3 is 0 Å². The molecule has 1 unspecified atom stereocenters. The molecule has 1 aliphatic heterocycles. The van der Waals surface area contributed by atoms with E-state index in [0.29, 0.717) is 12.1 Å². The zero-order chi connectivity index (χ0) is 8.10. The van der Waals surface area contributed by atoms with Gasteiger partial charge in [0.05, 0.1) is 19.3 Å². The normalized spacial score (nSPS) is 21.3. The lowest BCUT2D eigenvalue weighted by atomic mass is 10.2. The molecule has 11 heavy (non-hydrogen) atoms. The summed E-state index contributed by atoms with van der Waals surface area (Å²) in [5.41, 5.74) is 0. The molecule has 1 atom stereocenters. The summed E-state index contributed by atoms with van der Waals surface area (Å²) < 4.78 is 5.07. The van der Waals surface area contributed by atoms with Crippen LogP contribution in [0.4, 0.5) is 0 Å². The van der Waals surface area contributed by atoms with Crippen LogP contribution < -0.4 is 5.32 Å². The highest BCUT2D eigenvalue weighted by Gasteiger charge is 2.19. The van der Waals surface area contributed by atoms with Crippen LogP contribution in [0.3, 0.4) is 0 Å². The summed E-state index contributed by atoms with van der Waals surface area (Å²) in [7, 11) is 0. The van der Waals surface area contributed by atoms with Gasteiger partial charge in [0, 0.05) is 6.04 Å². The first-order valence-electron chi connectivity index (χ1n) is 4.15. The second-order valence-electron chi connectivity index (χ2n) is 3.08. The molecule has 2 nitrogen and oxygen atoms in total. The SMILES string of the molecule is CSCCC(C)NC1COC1. The van der Waals surface area contributed by atoms with Gasteiger partial charge in [0.25, 0.3) is 0 Å². The van der Waals surface area contributed by atoms with Gasteiger partial charge in [0.1, 0.15) is 0 Å². The Kier molecular flexibility index (Phi) is 4.26. The molecule has 0 bridgehead atoms. The summed E-state index contributed by atoms with van der Waals surface area (Å²) in [5, 5.41) is 3.51. The number of nitrogens with one attached hydrogen (secondary N) is 1. The van der Waals surface area contributed by atoms with Gasteiger partial charge < -0.3 is 10.1 Å². The number of thioether (sulfide) groups is 1. The van der Waals surface area contributed by atoms with Crippen LogP contribution in [0.25, 0.3) is 0 Å². The third-order valence-electron chi connectivity index (χ3n) is 1.91. The second-order valence-corrected chi connectivity index (χ2v) is 4.07. The van der Waals surface area contributed by atoms with E-state index in [4.69, 9.17) is 4.74 Å². The van der Waals surface area contributed by atoms with Gasteiger partial charge in [-0.2, -0.15) is 11.8 Å². The number of hydrogen-bond acceptors (Lipinski definition) is 3. The van der Waals surface area contributed by atoms with E-state index >= 15 is 0 Å². The summed E-state index contributed by atoms with van der Waals surface area (Å²) in [4.78, 5) is 0. The molecular formula is C8H17NOS. The molecule has 0 amide bonds. The maximum absolute atomic E-state index is 5.07. The van der Waals surface area contributed by atoms with E-state index in [1.165, 1.54) is 12.2 Å². The minimum Gasteiger partial charge on any atom is -0.378 e. The van der Waals surface area contributed by atoms with Crippen molar-refractivity contribution in [3.8, 4) is 0 Å². The van der Waals surface area contributed by atoms with E-state index in [1.54, 1.807) is 0 Å². The minimum absolute atomic E-state index is 0.631. The Morgan fingerprint density at radius 1 is 1.64 bits per heavy atom. The van der Waals surface area contributed by atoms with Gasteiger partial charge in [-0.1, -0.05) is 0 Å². The van der Waals surface area contributed by atoms with Gasteiger partial charge in [-0.3, -0.25) is 0 Å². The van der Waals surface area contributed by atoms with Crippen LogP contribution in [0.2, 0.25) is 0 Å². The Morgan fingerprint density at radius 2 is 2.36 bits per heavy atom. The van der Waals surface area contributed by atoms with Crippen molar-refractivity contribution in [3.63, 3.8) is 0 Å². The molecule has 1 aliphatic rings. The largest absolute Gasteiger partial charge is 0.378 e. The molecule has 1 rings (SSSR count). The molecule has 0 spiro atoms. The molecule has 1 fully saturated rings. The quantitative estimate of drug-likeness (QED) is 0.676. The smallest absolute Gasteiger partial charge is 0.0643 e. The molecule has 66 valence electrons. The standard InChI is InChI=1S/C8H17NOS/c1-7(3-4-11-2)9-8-5-10-6-8/h7-9H,3-6H2,1-2H3. The lowest BCUT2D eigenvalue weighted by Crippen LogP contribution is -2.49. The maximum Gasteiger partial charge on any atom is 0.0643 e. The molecule has 0 aliphatic carbocycles. The van der Waals surface area contributed by atoms with Crippen LogP contribution in [-0.2, 0) is 4.74 Å². The van der Waals surface area contributed by atoms with E-state index in [0.717, 1.165) is 13.2 Å². The van der Waals surface area contributed by atoms with Crippen molar-refractivity contribution in [2.75, 3.05) is 25.2 Å². The predicted octanol–water partition coefficient (Wildman–Crippen LogP) is 1.12.